The number of aryl methyl sites for hydroxylation is 1. The summed E-state index contributed by atoms with van der Waals surface area (Å²) in [7, 11) is -4.78. The highest BCUT2D eigenvalue weighted by Gasteiger charge is 2.32. The summed E-state index contributed by atoms with van der Waals surface area (Å²) in [4.78, 5) is 13.9. The number of sulfone groups is 2. The van der Waals surface area contributed by atoms with E-state index >= 15 is 0 Å². The Morgan fingerprint density at radius 2 is 2.04 bits per heavy atom. The van der Waals surface area contributed by atoms with E-state index < -0.39 is 19.7 Å². The Kier molecular flexibility index (Phi) is 5.24. The van der Waals surface area contributed by atoms with Crippen molar-refractivity contribution in [2.24, 2.45) is 0 Å². The van der Waals surface area contributed by atoms with Crippen molar-refractivity contribution in [2.45, 2.75) is 24.3 Å². The van der Waals surface area contributed by atoms with Crippen LogP contribution in [0, 0.1) is 6.92 Å². The lowest BCUT2D eigenvalue weighted by Crippen LogP contribution is -2.40. The molecule has 1 aromatic carbocycles. The second-order valence-corrected chi connectivity index (χ2v) is 10.4. The Morgan fingerprint density at radius 1 is 1.38 bits per heavy atom. The zero-order valence-corrected chi connectivity index (χ0v) is 15.6. The number of nitrogens with zero attached hydrogens (tertiary/aromatic N) is 1. The van der Waals surface area contributed by atoms with Crippen molar-refractivity contribution in [1.82, 2.24) is 4.90 Å². The van der Waals surface area contributed by atoms with E-state index in [0.717, 1.165) is 11.8 Å². The second kappa shape index (κ2) is 6.72. The van der Waals surface area contributed by atoms with Crippen LogP contribution in [0.1, 0.15) is 12.0 Å². The molecule has 1 saturated heterocycles. The topological polar surface area (TPSA) is 101 Å². The van der Waals surface area contributed by atoms with Crippen LogP contribution in [0.4, 0.5) is 5.69 Å². The van der Waals surface area contributed by atoms with Gasteiger partial charge < -0.3 is 10.2 Å². The van der Waals surface area contributed by atoms with E-state index in [9.17, 15) is 21.6 Å². The fourth-order valence-corrected chi connectivity index (χ4v) is 5.02. The summed E-state index contributed by atoms with van der Waals surface area (Å²) < 4.78 is 46.3. The monoisotopic (exact) mass is 374 g/mol. The molecule has 0 unspecified atom stereocenters. The summed E-state index contributed by atoms with van der Waals surface area (Å²) in [5.74, 6) is -0.128. The van der Waals surface area contributed by atoms with Crippen molar-refractivity contribution in [2.75, 3.05) is 36.7 Å². The van der Waals surface area contributed by atoms with Crippen LogP contribution in [-0.4, -0.2) is 65.0 Å². The molecule has 1 N–H and O–H groups in total. The van der Waals surface area contributed by atoms with Crippen molar-refractivity contribution in [3.63, 3.8) is 0 Å². The Morgan fingerprint density at radius 3 is 2.58 bits per heavy atom. The molecule has 9 heteroatoms. The van der Waals surface area contributed by atoms with Crippen LogP contribution in [0.25, 0.3) is 0 Å². The van der Waals surface area contributed by atoms with E-state index in [1.54, 1.807) is 13.1 Å². The molecule has 0 saturated carbocycles. The number of hydrogen-bond donors (Lipinski definition) is 1. The van der Waals surface area contributed by atoms with Crippen LogP contribution < -0.4 is 5.32 Å². The molecular formula is C15H22N2O5S2. The summed E-state index contributed by atoms with van der Waals surface area (Å²) in [6.07, 6.45) is 1.58. The number of benzene rings is 1. The minimum absolute atomic E-state index is 0.00215. The first kappa shape index (κ1) is 18.7. The van der Waals surface area contributed by atoms with Gasteiger partial charge in [0, 0.05) is 25.0 Å². The maximum absolute atomic E-state index is 12.3. The van der Waals surface area contributed by atoms with E-state index in [1.807, 2.05) is 6.92 Å². The van der Waals surface area contributed by atoms with Crippen LogP contribution >= 0.6 is 0 Å². The van der Waals surface area contributed by atoms with Crippen LogP contribution in [0.2, 0.25) is 0 Å². The summed E-state index contributed by atoms with van der Waals surface area (Å²) in [6.45, 7) is 1.78. The van der Waals surface area contributed by atoms with Crippen molar-refractivity contribution in [1.29, 1.82) is 0 Å². The highest BCUT2D eigenvalue weighted by atomic mass is 32.2. The van der Waals surface area contributed by atoms with Crippen molar-refractivity contribution in [3.8, 4) is 0 Å². The zero-order valence-electron chi connectivity index (χ0n) is 13.9. The van der Waals surface area contributed by atoms with Gasteiger partial charge in [-0.15, -0.1) is 0 Å². The lowest BCUT2D eigenvalue weighted by molar-refractivity contribution is -0.129. The van der Waals surface area contributed by atoms with Gasteiger partial charge in [-0.05, 0) is 31.0 Å². The quantitative estimate of drug-likeness (QED) is 0.803. The summed E-state index contributed by atoms with van der Waals surface area (Å²) >= 11 is 0. The minimum Gasteiger partial charge on any atom is -0.376 e. The predicted molar refractivity (Wildman–Crippen MR) is 92.6 cm³/mol. The van der Waals surface area contributed by atoms with Gasteiger partial charge in [-0.25, -0.2) is 16.8 Å². The first-order valence-corrected chi connectivity index (χ1v) is 11.2. The molecule has 1 aromatic rings. The van der Waals surface area contributed by atoms with E-state index in [1.165, 1.54) is 17.0 Å². The smallest absolute Gasteiger partial charge is 0.241 e. The average molecular weight is 374 g/mol. The Bertz CT molecular complexity index is 847. The van der Waals surface area contributed by atoms with Gasteiger partial charge in [-0.2, -0.15) is 0 Å². The standard InChI is InChI=1S/C15H22N2O5S2/c1-11-4-5-13(23(3,19)20)8-14(11)16-9-15(18)17(2)12-6-7-24(21,22)10-12/h4-5,8,12,16H,6-7,9-10H2,1-3H3/t12-/m0/s1. The Labute approximate surface area is 142 Å². The van der Waals surface area contributed by atoms with Gasteiger partial charge in [-0.3, -0.25) is 4.79 Å². The molecule has 1 amide bonds. The van der Waals surface area contributed by atoms with Gasteiger partial charge >= 0.3 is 0 Å². The molecule has 2 rings (SSSR count). The molecule has 0 aliphatic carbocycles. The van der Waals surface area contributed by atoms with Crippen LogP contribution in [0.5, 0.6) is 0 Å². The van der Waals surface area contributed by atoms with E-state index in [4.69, 9.17) is 0 Å². The van der Waals surface area contributed by atoms with Crippen molar-refractivity contribution in [3.05, 3.63) is 23.8 Å². The van der Waals surface area contributed by atoms with Gasteiger partial charge in [0.25, 0.3) is 0 Å². The molecule has 0 spiro atoms. The SMILES string of the molecule is Cc1ccc(S(C)(=O)=O)cc1NCC(=O)N(C)[C@H]1CCS(=O)(=O)C1. The van der Waals surface area contributed by atoms with Gasteiger partial charge in [0.05, 0.1) is 22.9 Å². The van der Waals surface area contributed by atoms with Gasteiger partial charge in [0.15, 0.2) is 19.7 Å². The number of hydrogen-bond acceptors (Lipinski definition) is 6. The number of amides is 1. The lowest BCUT2D eigenvalue weighted by Gasteiger charge is -2.24. The Balaban J connectivity index is 2.04. The number of rotatable bonds is 5. The molecule has 1 aliphatic rings. The molecule has 0 bridgehead atoms. The molecule has 0 aromatic heterocycles. The summed E-state index contributed by atoms with van der Waals surface area (Å²) in [5, 5.41) is 2.95. The molecule has 1 atom stereocenters. The minimum atomic E-state index is -3.33. The normalized spacial score (nSPS) is 19.9. The molecule has 7 nitrogen and oxygen atoms in total. The molecule has 0 radical (unpaired) electrons. The number of nitrogens with one attached hydrogen (secondary N) is 1. The van der Waals surface area contributed by atoms with Gasteiger partial charge in [0.2, 0.25) is 5.91 Å². The van der Waals surface area contributed by atoms with E-state index in [0.29, 0.717) is 12.1 Å². The number of anilines is 1. The number of likely N-dealkylation sites (N-methyl/N-ethyl adjacent to an activating group) is 1. The second-order valence-electron chi connectivity index (χ2n) is 6.16. The highest BCUT2D eigenvalue weighted by molar-refractivity contribution is 7.91. The molecular weight excluding hydrogens is 352 g/mol. The molecule has 1 fully saturated rings. The van der Waals surface area contributed by atoms with Crippen LogP contribution in [0.15, 0.2) is 23.1 Å². The maximum atomic E-state index is 12.3. The largest absolute Gasteiger partial charge is 0.376 e. The summed E-state index contributed by atoms with van der Waals surface area (Å²) in [5.41, 5.74) is 1.39. The molecule has 1 heterocycles. The van der Waals surface area contributed by atoms with Crippen LogP contribution in [-0.2, 0) is 24.5 Å². The van der Waals surface area contributed by atoms with Gasteiger partial charge in [0.1, 0.15) is 0 Å². The van der Waals surface area contributed by atoms with Gasteiger partial charge in [-0.1, -0.05) is 6.07 Å². The van der Waals surface area contributed by atoms with E-state index in [2.05, 4.69) is 5.32 Å². The fraction of sp³-hybridized carbons (Fsp3) is 0.533. The molecule has 1 aliphatic heterocycles. The highest BCUT2D eigenvalue weighted by Crippen LogP contribution is 2.21. The third-order valence-corrected chi connectivity index (χ3v) is 7.08. The molecule has 134 valence electrons. The molecule has 24 heavy (non-hydrogen) atoms. The fourth-order valence-electron chi connectivity index (χ4n) is 2.60. The average Bonchev–Trinajstić information content (AvgIpc) is 2.84. The van der Waals surface area contributed by atoms with Crippen molar-refractivity contribution >= 4 is 31.3 Å². The predicted octanol–water partition coefficient (Wildman–Crippen LogP) is 0.456. The zero-order chi connectivity index (χ0) is 18.1. The number of carbonyl (C=O) groups excluding carboxylic acids is 1. The van der Waals surface area contributed by atoms with Crippen molar-refractivity contribution < 1.29 is 21.6 Å². The van der Waals surface area contributed by atoms with E-state index in [-0.39, 0.29) is 34.9 Å². The van der Waals surface area contributed by atoms with Crippen LogP contribution in [0.3, 0.4) is 0 Å². The summed E-state index contributed by atoms with van der Waals surface area (Å²) in [6, 6.07) is 4.40. The third kappa shape index (κ3) is 4.47. The maximum Gasteiger partial charge on any atom is 0.241 e. The lowest BCUT2D eigenvalue weighted by atomic mass is 10.2. The Hall–Kier alpha value is -1.61. The first-order valence-electron chi connectivity index (χ1n) is 7.50. The number of carbonyl (C=O) groups is 1. The first-order chi connectivity index (χ1) is 11.0. The third-order valence-electron chi connectivity index (χ3n) is 4.22.